The first kappa shape index (κ1) is 23.3. The summed E-state index contributed by atoms with van der Waals surface area (Å²) in [5.74, 6) is 0.108. The quantitative estimate of drug-likeness (QED) is 0.604. The van der Waals surface area contributed by atoms with E-state index in [1.54, 1.807) is 0 Å². The molecule has 0 saturated carbocycles. The number of likely N-dealkylation sites (tertiary alicyclic amines) is 1. The number of carbonyl (C=O) groups is 1. The Labute approximate surface area is 188 Å². The molecular formula is C27H39N3O. The summed E-state index contributed by atoms with van der Waals surface area (Å²) in [6.45, 7) is 13.7. The zero-order chi connectivity index (χ0) is 22.4. The van der Waals surface area contributed by atoms with Gasteiger partial charge in [0, 0.05) is 49.0 Å². The van der Waals surface area contributed by atoms with Crippen LogP contribution in [0.15, 0.2) is 48.5 Å². The molecule has 1 N–H and O–H groups in total. The molecule has 0 bridgehead atoms. The van der Waals surface area contributed by atoms with Crippen LogP contribution < -0.4 is 5.32 Å². The number of carbonyl (C=O) groups excluding carboxylic acids is 1. The minimum atomic E-state index is 0.108. The standard InChI is InChI=1S/C27H39N3O/c1-6-22-7-9-23(10-8-22)19-29-17-15-26(16-18-29)28-25-13-11-24(12-14-25)27(31)30(20(2)3)21(4)5/h7-14,20-21,26,28H,6,15-19H2,1-5H3. The van der Waals surface area contributed by atoms with Gasteiger partial charge >= 0.3 is 0 Å². The van der Waals surface area contributed by atoms with E-state index in [4.69, 9.17) is 0 Å². The van der Waals surface area contributed by atoms with Crippen molar-refractivity contribution in [2.24, 2.45) is 0 Å². The van der Waals surface area contributed by atoms with Crippen molar-refractivity contribution in [2.45, 2.75) is 78.6 Å². The highest BCUT2D eigenvalue weighted by Gasteiger charge is 2.22. The first-order chi connectivity index (χ1) is 14.9. The van der Waals surface area contributed by atoms with Crippen LogP contribution in [-0.2, 0) is 13.0 Å². The van der Waals surface area contributed by atoms with Crippen LogP contribution in [0, 0.1) is 0 Å². The van der Waals surface area contributed by atoms with Gasteiger partial charge in [0.1, 0.15) is 0 Å². The van der Waals surface area contributed by atoms with Gasteiger partial charge in [0.15, 0.2) is 0 Å². The van der Waals surface area contributed by atoms with Crippen molar-refractivity contribution in [1.29, 1.82) is 0 Å². The molecular weight excluding hydrogens is 382 g/mol. The first-order valence-corrected chi connectivity index (χ1v) is 11.9. The highest BCUT2D eigenvalue weighted by molar-refractivity contribution is 5.95. The lowest BCUT2D eigenvalue weighted by atomic mass is 10.0. The summed E-state index contributed by atoms with van der Waals surface area (Å²) in [5, 5.41) is 3.67. The Bertz CT molecular complexity index is 811. The van der Waals surface area contributed by atoms with E-state index < -0.39 is 0 Å². The highest BCUT2D eigenvalue weighted by atomic mass is 16.2. The number of amides is 1. The van der Waals surface area contributed by atoms with Crippen LogP contribution in [0.25, 0.3) is 0 Å². The number of hydrogen-bond acceptors (Lipinski definition) is 3. The molecule has 1 aliphatic heterocycles. The average Bonchev–Trinajstić information content (AvgIpc) is 2.75. The van der Waals surface area contributed by atoms with Crippen LogP contribution in [0.5, 0.6) is 0 Å². The lowest BCUT2D eigenvalue weighted by Crippen LogP contribution is -2.42. The van der Waals surface area contributed by atoms with Crippen molar-refractivity contribution >= 4 is 11.6 Å². The third-order valence-electron chi connectivity index (χ3n) is 6.27. The van der Waals surface area contributed by atoms with Gasteiger partial charge in [-0.25, -0.2) is 0 Å². The van der Waals surface area contributed by atoms with Gasteiger partial charge in [0.05, 0.1) is 0 Å². The third kappa shape index (κ3) is 6.33. The molecule has 1 aliphatic rings. The van der Waals surface area contributed by atoms with E-state index >= 15 is 0 Å². The Hall–Kier alpha value is -2.33. The van der Waals surface area contributed by atoms with Crippen LogP contribution in [0.1, 0.15) is 68.9 Å². The molecule has 2 aromatic rings. The number of nitrogens with zero attached hydrogens (tertiary/aromatic N) is 2. The van der Waals surface area contributed by atoms with Crippen molar-refractivity contribution in [2.75, 3.05) is 18.4 Å². The Morgan fingerprint density at radius 1 is 0.935 bits per heavy atom. The molecule has 1 heterocycles. The Balaban J connectivity index is 1.49. The fraction of sp³-hybridized carbons (Fsp3) is 0.519. The summed E-state index contributed by atoms with van der Waals surface area (Å²) in [4.78, 5) is 17.3. The average molecular weight is 422 g/mol. The number of rotatable bonds is 8. The topological polar surface area (TPSA) is 35.6 Å². The molecule has 0 unspecified atom stereocenters. The van der Waals surface area contributed by atoms with Crippen LogP contribution in [0.2, 0.25) is 0 Å². The van der Waals surface area contributed by atoms with Gasteiger partial charge in [-0.15, -0.1) is 0 Å². The molecule has 1 amide bonds. The third-order valence-corrected chi connectivity index (χ3v) is 6.27. The molecule has 0 aliphatic carbocycles. The lowest BCUT2D eigenvalue weighted by Gasteiger charge is -2.33. The maximum absolute atomic E-state index is 12.9. The fourth-order valence-corrected chi connectivity index (χ4v) is 4.53. The number of hydrogen-bond donors (Lipinski definition) is 1. The predicted octanol–water partition coefficient (Wildman–Crippen LogP) is 5.58. The molecule has 4 nitrogen and oxygen atoms in total. The minimum absolute atomic E-state index is 0.108. The molecule has 2 aromatic carbocycles. The SMILES string of the molecule is CCc1ccc(CN2CCC(Nc3ccc(C(=O)N(C(C)C)C(C)C)cc3)CC2)cc1. The molecule has 0 atom stereocenters. The first-order valence-electron chi connectivity index (χ1n) is 11.9. The molecule has 31 heavy (non-hydrogen) atoms. The van der Waals surface area contributed by atoms with Crippen LogP contribution in [-0.4, -0.2) is 46.9 Å². The van der Waals surface area contributed by atoms with Crippen molar-refractivity contribution < 1.29 is 4.79 Å². The van der Waals surface area contributed by atoms with E-state index in [1.165, 1.54) is 11.1 Å². The lowest BCUT2D eigenvalue weighted by molar-refractivity contribution is 0.0644. The summed E-state index contributed by atoms with van der Waals surface area (Å²) in [7, 11) is 0. The van der Waals surface area contributed by atoms with Gasteiger partial charge in [-0.3, -0.25) is 9.69 Å². The molecule has 0 spiro atoms. The number of piperidine rings is 1. The van der Waals surface area contributed by atoms with E-state index in [9.17, 15) is 4.79 Å². The largest absolute Gasteiger partial charge is 0.382 e. The molecule has 0 aromatic heterocycles. The van der Waals surface area contributed by atoms with Crippen LogP contribution in [0.4, 0.5) is 5.69 Å². The number of benzene rings is 2. The zero-order valence-corrected chi connectivity index (χ0v) is 19.9. The van der Waals surface area contributed by atoms with Crippen LogP contribution in [0.3, 0.4) is 0 Å². The van der Waals surface area contributed by atoms with Crippen LogP contribution >= 0.6 is 0 Å². The smallest absolute Gasteiger partial charge is 0.254 e. The Morgan fingerprint density at radius 2 is 1.48 bits per heavy atom. The predicted molar refractivity (Wildman–Crippen MR) is 131 cm³/mol. The van der Waals surface area contributed by atoms with E-state index in [0.717, 1.165) is 50.1 Å². The second-order valence-corrected chi connectivity index (χ2v) is 9.34. The maximum Gasteiger partial charge on any atom is 0.254 e. The van der Waals surface area contributed by atoms with E-state index in [-0.39, 0.29) is 18.0 Å². The van der Waals surface area contributed by atoms with Gasteiger partial charge in [-0.2, -0.15) is 0 Å². The van der Waals surface area contributed by atoms with E-state index in [2.05, 4.69) is 69.1 Å². The fourth-order valence-electron chi connectivity index (χ4n) is 4.53. The second-order valence-electron chi connectivity index (χ2n) is 9.34. The Kier molecular flexibility index (Phi) is 8.14. The summed E-state index contributed by atoms with van der Waals surface area (Å²) in [5.41, 5.74) is 4.67. The maximum atomic E-state index is 12.9. The molecule has 1 saturated heterocycles. The monoisotopic (exact) mass is 421 g/mol. The van der Waals surface area contributed by atoms with Crippen molar-refractivity contribution in [1.82, 2.24) is 9.80 Å². The van der Waals surface area contributed by atoms with Crippen molar-refractivity contribution in [3.8, 4) is 0 Å². The normalized spacial score (nSPS) is 15.5. The summed E-state index contributed by atoms with van der Waals surface area (Å²) in [6, 6.07) is 17.9. The Morgan fingerprint density at radius 3 is 2.00 bits per heavy atom. The number of nitrogens with one attached hydrogen (secondary N) is 1. The van der Waals surface area contributed by atoms with E-state index in [1.807, 2.05) is 29.2 Å². The highest BCUT2D eigenvalue weighted by Crippen LogP contribution is 2.20. The summed E-state index contributed by atoms with van der Waals surface area (Å²) in [6.07, 6.45) is 3.38. The number of aryl methyl sites for hydroxylation is 1. The van der Waals surface area contributed by atoms with Crippen molar-refractivity contribution in [3.05, 3.63) is 65.2 Å². The van der Waals surface area contributed by atoms with Crippen molar-refractivity contribution in [3.63, 3.8) is 0 Å². The second kappa shape index (κ2) is 10.8. The molecule has 0 radical (unpaired) electrons. The van der Waals surface area contributed by atoms with Gasteiger partial charge < -0.3 is 10.2 Å². The minimum Gasteiger partial charge on any atom is -0.382 e. The van der Waals surface area contributed by atoms with Gasteiger partial charge in [-0.05, 0) is 82.3 Å². The van der Waals surface area contributed by atoms with Gasteiger partial charge in [0.25, 0.3) is 5.91 Å². The van der Waals surface area contributed by atoms with E-state index in [0.29, 0.717) is 6.04 Å². The summed E-state index contributed by atoms with van der Waals surface area (Å²) < 4.78 is 0. The molecule has 4 heteroatoms. The molecule has 3 rings (SSSR count). The van der Waals surface area contributed by atoms with Gasteiger partial charge in [-0.1, -0.05) is 31.2 Å². The summed E-state index contributed by atoms with van der Waals surface area (Å²) >= 11 is 0. The zero-order valence-electron chi connectivity index (χ0n) is 19.9. The molecule has 168 valence electrons. The van der Waals surface area contributed by atoms with Gasteiger partial charge in [0.2, 0.25) is 0 Å². The number of anilines is 1. The molecule has 1 fully saturated rings.